The molecule has 1 heteroatoms. The van der Waals surface area contributed by atoms with Gasteiger partial charge in [0.1, 0.15) is 11.5 Å². The molecule has 0 saturated heterocycles. The molecular formula is C21H28O. The van der Waals surface area contributed by atoms with Gasteiger partial charge in [-0.1, -0.05) is 71.4 Å². The van der Waals surface area contributed by atoms with Crippen LogP contribution in [0.2, 0.25) is 0 Å². The summed E-state index contributed by atoms with van der Waals surface area (Å²) in [5.74, 6) is 1.84. The third-order valence-corrected chi connectivity index (χ3v) is 3.90. The van der Waals surface area contributed by atoms with Gasteiger partial charge >= 0.3 is 0 Å². The van der Waals surface area contributed by atoms with Crippen molar-refractivity contribution in [2.75, 3.05) is 0 Å². The molecule has 0 bridgehead atoms. The normalized spacial score (nSPS) is 12.3. The highest BCUT2D eigenvalue weighted by Crippen LogP contribution is 2.37. The predicted molar refractivity (Wildman–Crippen MR) is 95.1 cm³/mol. The second kappa shape index (κ2) is 5.79. The number of aryl methyl sites for hydroxylation is 1. The zero-order valence-electron chi connectivity index (χ0n) is 14.9. The summed E-state index contributed by atoms with van der Waals surface area (Å²) in [7, 11) is 0. The minimum Gasteiger partial charge on any atom is -0.457 e. The minimum atomic E-state index is 0.0429. The van der Waals surface area contributed by atoms with Crippen LogP contribution in [0.25, 0.3) is 0 Å². The standard InChI is InChI=1S/C21H28O/c1-15-8-11-17(12-9-15)22-19-13-10-16(20(2,3)4)14-18(19)21(5,6)7/h8-14H,1-7H3. The zero-order chi connectivity index (χ0) is 16.5. The van der Waals surface area contributed by atoms with Crippen LogP contribution in [0, 0.1) is 6.92 Å². The Hall–Kier alpha value is -1.76. The van der Waals surface area contributed by atoms with E-state index in [2.05, 4.69) is 78.8 Å². The number of ether oxygens (including phenoxy) is 1. The lowest BCUT2D eigenvalue weighted by Crippen LogP contribution is -2.17. The molecule has 0 radical (unpaired) electrons. The molecule has 1 nitrogen and oxygen atoms in total. The van der Waals surface area contributed by atoms with E-state index in [-0.39, 0.29) is 10.8 Å². The smallest absolute Gasteiger partial charge is 0.131 e. The van der Waals surface area contributed by atoms with Gasteiger partial charge in [0.25, 0.3) is 0 Å². The highest BCUT2D eigenvalue weighted by atomic mass is 16.5. The first-order valence-electron chi connectivity index (χ1n) is 7.97. The van der Waals surface area contributed by atoms with E-state index in [0.717, 1.165) is 11.5 Å². The molecule has 0 fully saturated rings. The molecule has 0 N–H and O–H groups in total. The Morgan fingerprint density at radius 1 is 0.727 bits per heavy atom. The van der Waals surface area contributed by atoms with Crippen LogP contribution in [0.3, 0.4) is 0 Å². The fourth-order valence-corrected chi connectivity index (χ4v) is 2.40. The Morgan fingerprint density at radius 2 is 1.32 bits per heavy atom. The van der Waals surface area contributed by atoms with E-state index in [1.54, 1.807) is 0 Å². The van der Waals surface area contributed by atoms with Crippen LogP contribution in [0.4, 0.5) is 0 Å². The van der Waals surface area contributed by atoms with Gasteiger partial charge in [0.15, 0.2) is 0 Å². The first-order valence-corrected chi connectivity index (χ1v) is 7.97. The Morgan fingerprint density at radius 3 is 1.82 bits per heavy atom. The fourth-order valence-electron chi connectivity index (χ4n) is 2.40. The average Bonchev–Trinajstić information content (AvgIpc) is 2.39. The van der Waals surface area contributed by atoms with E-state index in [0.29, 0.717) is 0 Å². The van der Waals surface area contributed by atoms with Crippen LogP contribution < -0.4 is 4.74 Å². The summed E-state index contributed by atoms with van der Waals surface area (Å²) in [6.07, 6.45) is 0. The molecule has 22 heavy (non-hydrogen) atoms. The van der Waals surface area contributed by atoms with Crippen LogP contribution in [-0.2, 0) is 10.8 Å². The number of benzene rings is 2. The third-order valence-electron chi connectivity index (χ3n) is 3.90. The second-order valence-corrected chi connectivity index (χ2v) is 8.13. The summed E-state index contributed by atoms with van der Waals surface area (Å²) in [6.45, 7) is 15.5. The fraction of sp³-hybridized carbons (Fsp3) is 0.429. The number of hydrogen-bond donors (Lipinski definition) is 0. The van der Waals surface area contributed by atoms with Crippen molar-refractivity contribution in [3.05, 3.63) is 59.2 Å². The van der Waals surface area contributed by atoms with Crippen molar-refractivity contribution in [1.82, 2.24) is 0 Å². The van der Waals surface area contributed by atoms with Gasteiger partial charge < -0.3 is 4.74 Å². The molecule has 118 valence electrons. The number of rotatable bonds is 2. The molecule has 0 atom stereocenters. The summed E-state index contributed by atoms with van der Waals surface area (Å²) in [4.78, 5) is 0. The largest absolute Gasteiger partial charge is 0.457 e. The van der Waals surface area contributed by atoms with Crippen LogP contribution in [0.1, 0.15) is 58.2 Å². The highest BCUT2D eigenvalue weighted by molar-refractivity contribution is 5.45. The van der Waals surface area contributed by atoms with Gasteiger partial charge in [0.05, 0.1) is 0 Å². The summed E-state index contributed by atoms with van der Waals surface area (Å²) in [6, 6.07) is 14.8. The van der Waals surface area contributed by atoms with Gasteiger partial charge in [-0.05, 0) is 41.5 Å². The minimum absolute atomic E-state index is 0.0429. The van der Waals surface area contributed by atoms with E-state index in [9.17, 15) is 0 Å². The van der Waals surface area contributed by atoms with Gasteiger partial charge in [-0.15, -0.1) is 0 Å². The van der Waals surface area contributed by atoms with Crippen molar-refractivity contribution >= 4 is 0 Å². The highest BCUT2D eigenvalue weighted by Gasteiger charge is 2.23. The van der Waals surface area contributed by atoms with Crippen LogP contribution >= 0.6 is 0 Å². The molecule has 0 amide bonds. The topological polar surface area (TPSA) is 9.23 Å². The molecule has 0 aromatic heterocycles. The summed E-state index contributed by atoms with van der Waals surface area (Å²) >= 11 is 0. The maximum absolute atomic E-state index is 6.16. The molecule has 0 spiro atoms. The second-order valence-electron chi connectivity index (χ2n) is 8.13. The van der Waals surface area contributed by atoms with Crippen molar-refractivity contribution in [3.8, 4) is 11.5 Å². The molecule has 2 aromatic carbocycles. The molecule has 0 aliphatic rings. The van der Waals surface area contributed by atoms with Crippen molar-refractivity contribution < 1.29 is 4.74 Å². The monoisotopic (exact) mass is 296 g/mol. The van der Waals surface area contributed by atoms with E-state index in [4.69, 9.17) is 4.74 Å². The van der Waals surface area contributed by atoms with Gasteiger partial charge in [0, 0.05) is 5.56 Å². The van der Waals surface area contributed by atoms with Crippen LogP contribution in [0.15, 0.2) is 42.5 Å². The van der Waals surface area contributed by atoms with Crippen molar-refractivity contribution in [1.29, 1.82) is 0 Å². The summed E-state index contributed by atoms with van der Waals surface area (Å²) in [5, 5.41) is 0. The van der Waals surface area contributed by atoms with Gasteiger partial charge in [0.2, 0.25) is 0 Å². The molecule has 0 heterocycles. The van der Waals surface area contributed by atoms with Crippen molar-refractivity contribution in [2.45, 2.75) is 59.3 Å². The Labute approximate surface area is 135 Å². The van der Waals surface area contributed by atoms with Crippen LogP contribution in [0.5, 0.6) is 11.5 Å². The average molecular weight is 296 g/mol. The maximum Gasteiger partial charge on any atom is 0.131 e. The van der Waals surface area contributed by atoms with Gasteiger partial charge in [-0.3, -0.25) is 0 Å². The third kappa shape index (κ3) is 3.91. The van der Waals surface area contributed by atoms with E-state index < -0.39 is 0 Å². The van der Waals surface area contributed by atoms with Gasteiger partial charge in [-0.25, -0.2) is 0 Å². The zero-order valence-corrected chi connectivity index (χ0v) is 14.9. The molecule has 2 aromatic rings. The summed E-state index contributed by atoms with van der Waals surface area (Å²) in [5.41, 5.74) is 4.02. The molecule has 2 rings (SSSR count). The van der Waals surface area contributed by atoms with Crippen LogP contribution in [-0.4, -0.2) is 0 Å². The molecule has 0 aliphatic heterocycles. The molecule has 0 saturated carbocycles. The lowest BCUT2D eigenvalue weighted by atomic mass is 9.80. The van der Waals surface area contributed by atoms with E-state index >= 15 is 0 Å². The predicted octanol–water partition coefficient (Wildman–Crippen LogP) is 6.38. The van der Waals surface area contributed by atoms with Crippen molar-refractivity contribution in [3.63, 3.8) is 0 Å². The maximum atomic E-state index is 6.16. The van der Waals surface area contributed by atoms with Crippen molar-refractivity contribution in [2.24, 2.45) is 0 Å². The Balaban J connectivity index is 2.44. The van der Waals surface area contributed by atoms with E-state index in [1.165, 1.54) is 16.7 Å². The van der Waals surface area contributed by atoms with E-state index in [1.807, 2.05) is 12.1 Å². The lowest BCUT2D eigenvalue weighted by Gasteiger charge is -2.27. The first kappa shape index (κ1) is 16.6. The Bertz CT molecular complexity index is 637. The Kier molecular flexibility index (Phi) is 4.37. The molecule has 0 unspecified atom stereocenters. The van der Waals surface area contributed by atoms with Gasteiger partial charge in [-0.2, -0.15) is 0 Å². The SMILES string of the molecule is Cc1ccc(Oc2ccc(C(C)(C)C)cc2C(C)(C)C)cc1. The quantitative estimate of drug-likeness (QED) is 0.624. The lowest BCUT2D eigenvalue weighted by molar-refractivity contribution is 0.453. The molecular weight excluding hydrogens is 268 g/mol. The molecule has 0 aliphatic carbocycles. The summed E-state index contributed by atoms with van der Waals surface area (Å²) < 4.78 is 6.16. The first-order chi connectivity index (χ1) is 10.1. The number of hydrogen-bond acceptors (Lipinski definition) is 1.